The molecule has 1 atom stereocenters. The van der Waals surface area contributed by atoms with E-state index in [0.717, 1.165) is 19.6 Å². The van der Waals surface area contributed by atoms with Crippen LogP contribution < -0.4 is 0 Å². The fraction of sp³-hybridized carbons (Fsp3) is 1.00. The fourth-order valence-electron chi connectivity index (χ4n) is 1.23. The number of alkyl halides is 1. The molecule has 0 aromatic heterocycles. The van der Waals surface area contributed by atoms with E-state index in [1.807, 2.05) is 0 Å². The number of rotatable bonds is 8. The number of halogens is 1. The molecular formula is C10H22ClNO. The summed E-state index contributed by atoms with van der Waals surface area (Å²) in [5.74, 6) is 0.708. The van der Waals surface area contributed by atoms with Crippen molar-refractivity contribution in [3.8, 4) is 0 Å². The molecule has 0 spiro atoms. The molecule has 0 heterocycles. The van der Waals surface area contributed by atoms with Gasteiger partial charge in [-0.1, -0.05) is 13.3 Å². The molecule has 2 nitrogen and oxygen atoms in total. The van der Waals surface area contributed by atoms with Gasteiger partial charge in [0.05, 0.1) is 6.10 Å². The molecule has 1 unspecified atom stereocenters. The predicted octanol–water partition coefficient (Wildman–Crippen LogP) is 2.36. The monoisotopic (exact) mass is 207 g/mol. The minimum atomic E-state index is 0.306. The first-order valence-electron chi connectivity index (χ1n) is 5.05. The zero-order chi connectivity index (χ0) is 10.1. The minimum absolute atomic E-state index is 0.306. The van der Waals surface area contributed by atoms with Gasteiger partial charge < -0.3 is 4.74 Å². The first kappa shape index (κ1) is 13.2. The zero-order valence-corrected chi connectivity index (χ0v) is 9.81. The molecule has 0 fully saturated rings. The Morgan fingerprint density at radius 1 is 1.38 bits per heavy atom. The Hall–Kier alpha value is 0.210. The lowest BCUT2D eigenvalue weighted by atomic mass is 10.3. The Kier molecular flexibility index (Phi) is 8.93. The van der Waals surface area contributed by atoms with Crippen LogP contribution in [0.3, 0.4) is 0 Å². The molecule has 0 saturated heterocycles. The van der Waals surface area contributed by atoms with Crippen LogP contribution in [-0.4, -0.2) is 43.6 Å². The van der Waals surface area contributed by atoms with Crippen LogP contribution in [0.4, 0.5) is 0 Å². The zero-order valence-electron chi connectivity index (χ0n) is 9.05. The van der Waals surface area contributed by atoms with E-state index in [1.165, 1.54) is 12.8 Å². The van der Waals surface area contributed by atoms with Crippen molar-refractivity contribution < 1.29 is 4.74 Å². The molecule has 3 heteroatoms. The quantitative estimate of drug-likeness (QED) is 0.567. The Balaban J connectivity index is 3.65. The van der Waals surface area contributed by atoms with Gasteiger partial charge in [-0.2, -0.15) is 0 Å². The van der Waals surface area contributed by atoms with Crippen LogP contribution in [0.1, 0.15) is 26.7 Å². The van der Waals surface area contributed by atoms with E-state index in [1.54, 1.807) is 7.11 Å². The Morgan fingerprint density at radius 2 is 2.08 bits per heavy atom. The molecule has 0 bridgehead atoms. The largest absolute Gasteiger partial charge is 0.380 e. The van der Waals surface area contributed by atoms with E-state index in [4.69, 9.17) is 16.3 Å². The standard InChI is InChI=1S/C10H22ClNO/c1-4-5-7-12(8-6-11)9-10(2)13-3/h10H,4-9H2,1-3H3. The molecule has 0 rings (SSSR count). The molecule has 80 valence electrons. The highest BCUT2D eigenvalue weighted by molar-refractivity contribution is 6.18. The molecule has 13 heavy (non-hydrogen) atoms. The Bertz CT molecular complexity index is 111. The number of hydrogen-bond acceptors (Lipinski definition) is 2. The van der Waals surface area contributed by atoms with Crippen molar-refractivity contribution in [3.05, 3.63) is 0 Å². The van der Waals surface area contributed by atoms with Crippen molar-refractivity contribution in [1.29, 1.82) is 0 Å². The Labute approximate surface area is 87.2 Å². The van der Waals surface area contributed by atoms with Crippen LogP contribution in [0.15, 0.2) is 0 Å². The fourth-order valence-corrected chi connectivity index (χ4v) is 1.47. The number of methoxy groups -OCH3 is 1. The highest BCUT2D eigenvalue weighted by atomic mass is 35.5. The van der Waals surface area contributed by atoms with E-state index in [2.05, 4.69) is 18.7 Å². The minimum Gasteiger partial charge on any atom is -0.380 e. The van der Waals surface area contributed by atoms with Gasteiger partial charge in [-0.05, 0) is 19.9 Å². The molecule has 0 radical (unpaired) electrons. The van der Waals surface area contributed by atoms with E-state index in [-0.39, 0.29) is 0 Å². The smallest absolute Gasteiger partial charge is 0.0670 e. The second-order valence-electron chi connectivity index (χ2n) is 3.39. The summed E-state index contributed by atoms with van der Waals surface area (Å²) in [4.78, 5) is 2.37. The summed E-state index contributed by atoms with van der Waals surface area (Å²) in [7, 11) is 1.75. The van der Waals surface area contributed by atoms with Gasteiger partial charge in [-0.15, -0.1) is 11.6 Å². The predicted molar refractivity (Wildman–Crippen MR) is 58.5 cm³/mol. The van der Waals surface area contributed by atoms with Crippen LogP contribution in [-0.2, 0) is 4.74 Å². The van der Waals surface area contributed by atoms with Crippen LogP contribution in [0.2, 0.25) is 0 Å². The highest BCUT2D eigenvalue weighted by Crippen LogP contribution is 1.99. The van der Waals surface area contributed by atoms with E-state index >= 15 is 0 Å². The third-order valence-corrected chi connectivity index (χ3v) is 2.32. The van der Waals surface area contributed by atoms with Crippen LogP contribution in [0.25, 0.3) is 0 Å². The van der Waals surface area contributed by atoms with Gasteiger partial charge in [0, 0.05) is 26.1 Å². The molecule has 0 N–H and O–H groups in total. The third kappa shape index (κ3) is 7.29. The van der Waals surface area contributed by atoms with Gasteiger partial charge in [0.25, 0.3) is 0 Å². The van der Waals surface area contributed by atoms with Crippen LogP contribution in [0, 0.1) is 0 Å². The first-order chi connectivity index (χ1) is 6.24. The SMILES string of the molecule is CCCCN(CCCl)CC(C)OC. The van der Waals surface area contributed by atoms with Gasteiger partial charge >= 0.3 is 0 Å². The molecule has 0 amide bonds. The lowest BCUT2D eigenvalue weighted by molar-refractivity contribution is 0.0786. The van der Waals surface area contributed by atoms with Crippen LogP contribution in [0.5, 0.6) is 0 Å². The van der Waals surface area contributed by atoms with Gasteiger partial charge in [-0.25, -0.2) is 0 Å². The average molecular weight is 208 g/mol. The molecule has 0 aliphatic carbocycles. The van der Waals surface area contributed by atoms with Crippen molar-refractivity contribution in [2.45, 2.75) is 32.8 Å². The normalized spacial score (nSPS) is 13.6. The second kappa shape index (κ2) is 8.79. The van der Waals surface area contributed by atoms with Crippen LogP contribution >= 0.6 is 11.6 Å². The van der Waals surface area contributed by atoms with Gasteiger partial charge in [0.1, 0.15) is 0 Å². The number of hydrogen-bond donors (Lipinski definition) is 0. The highest BCUT2D eigenvalue weighted by Gasteiger charge is 2.07. The van der Waals surface area contributed by atoms with E-state index in [9.17, 15) is 0 Å². The summed E-state index contributed by atoms with van der Waals surface area (Å²) in [6.07, 6.45) is 2.79. The van der Waals surface area contributed by atoms with Gasteiger partial charge in [0.15, 0.2) is 0 Å². The Morgan fingerprint density at radius 3 is 2.54 bits per heavy atom. The van der Waals surface area contributed by atoms with Crippen molar-refractivity contribution in [1.82, 2.24) is 4.90 Å². The van der Waals surface area contributed by atoms with Gasteiger partial charge in [-0.3, -0.25) is 4.90 Å². The summed E-state index contributed by atoms with van der Waals surface area (Å²) < 4.78 is 5.22. The molecular weight excluding hydrogens is 186 g/mol. The summed E-state index contributed by atoms with van der Waals surface area (Å²) in [5.41, 5.74) is 0. The molecule has 0 aromatic carbocycles. The summed E-state index contributed by atoms with van der Waals surface area (Å²) in [6, 6.07) is 0. The summed E-state index contributed by atoms with van der Waals surface area (Å²) in [6.45, 7) is 7.39. The average Bonchev–Trinajstić information content (AvgIpc) is 2.14. The second-order valence-corrected chi connectivity index (χ2v) is 3.77. The molecule has 0 saturated carbocycles. The van der Waals surface area contributed by atoms with Gasteiger partial charge in [0.2, 0.25) is 0 Å². The van der Waals surface area contributed by atoms with E-state index in [0.29, 0.717) is 12.0 Å². The lowest BCUT2D eigenvalue weighted by Crippen LogP contribution is -2.34. The molecule has 0 aliphatic rings. The number of ether oxygens (including phenoxy) is 1. The van der Waals surface area contributed by atoms with Crippen molar-refractivity contribution in [3.63, 3.8) is 0 Å². The lowest BCUT2D eigenvalue weighted by Gasteiger charge is -2.23. The molecule has 0 aliphatic heterocycles. The van der Waals surface area contributed by atoms with E-state index < -0.39 is 0 Å². The number of nitrogens with zero attached hydrogens (tertiary/aromatic N) is 1. The maximum absolute atomic E-state index is 5.72. The maximum atomic E-state index is 5.72. The molecule has 0 aromatic rings. The van der Waals surface area contributed by atoms with Crippen molar-refractivity contribution in [2.24, 2.45) is 0 Å². The first-order valence-corrected chi connectivity index (χ1v) is 5.59. The number of unbranched alkanes of at least 4 members (excludes halogenated alkanes) is 1. The summed E-state index contributed by atoms with van der Waals surface area (Å²) in [5, 5.41) is 0. The van der Waals surface area contributed by atoms with Crippen molar-refractivity contribution in [2.75, 3.05) is 32.6 Å². The summed E-state index contributed by atoms with van der Waals surface area (Å²) >= 11 is 5.72. The third-order valence-electron chi connectivity index (χ3n) is 2.15. The topological polar surface area (TPSA) is 12.5 Å². The maximum Gasteiger partial charge on any atom is 0.0670 e. The van der Waals surface area contributed by atoms with Crippen molar-refractivity contribution >= 4 is 11.6 Å².